The van der Waals surface area contributed by atoms with E-state index in [0.717, 1.165) is 12.0 Å². The van der Waals surface area contributed by atoms with Crippen LogP contribution in [0.25, 0.3) is 0 Å². The molecule has 1 aliphatic heterocycles. The van der Waals surface area contributed by atoms with Crippen LogP contribution in [-0.2, 0) is 0 Å². The SMILES string of the molecule is CC(C)=CCC1CCNC1C. The molecule has 2 unspecified atom stereocenters. The molecule has 0 spiro atoms. The van der Waals surface area contributed by atoms with Crippen LogP contribution in [0.3, 0.4) is 0 Å². The van der Waals surface area contributed by atoms with Crippen molar-refractivity contribution in [2.45, 2.75) is 39.7 Å². The molecule has 0 aromatic carbocycles. The molecule has 1 nitrogen and oxygen atoms in total. The maximum Gasteiger partial charge on any atom is 0.00704 e. The third-order valence-electron chi connectivity index (χ3n) is 2.52. The zero-order chi connectivity index (χ0) is 8.27. The van der Waals surface area contributed by atoms with Gasteiger partial charge in [0.05, 0.1) is 0 Å². The van der Waals surface area contributed by atoms with Gasteiger partial charge < -0.3 is 5.32 Å². The number of allylic oxidation sites excluding steroid dienone is 2. The van der Waals surface area contributed by atoms with Gasteiger partial charge in [-0.1, -0.05) is 11.6 Å². The molecule has 1 aliphatic rings. The van der Waals surface area contributed by atoms with Gasteiger partial charge in [0.2, 0.25) is 0 Å². The molecule has 1 fully saturated rings. The summed E-state index contributed by atoms with van der Waals surface area (Å²) >= 11 is 0. The Morgan fingerprint density at radius 2 is 2.27 bits per heavy atom. The van der Waals surface area contributed by atoms with Gasteiger partial charge in [0, 0.05) is 6.04 Å². The van der Waals surface area contributed by atoms with Gasteiger partial charge in [0.15, 0.2) is 0 Å². The third-order valence-corrected chi connectivity index (χ3v) is 2.52. The van der Waals surface area contributed by atoms with Crippen molar-refractivity contribution in [3.05, 3.63) is 11.6 Å². The van der Waals surface area contributed by atoms with Crippen LogP contribution in [0.4, 0.5) is 0 Å². The Morgan fingerprint density at radius 3 is 2.73 bits per heavy atom. The van der Waals surface area contributed by atoms with Crippen LogP contribution in [-0.4, -0.2) is 12.6 Å². The quantitative estimate of drug-likeness (QED) is 0.600. The molecule has 0 saturated carbocycles. The van der Waals surface area contributed by atoms with Gasteiger partial charge in [0.1, 0.15) is 0 Å². The normalized spacial score (nSPS) is 30.5. The Balaban J connectivity index is 2.31. The summed E-state index contributed by atoms with van der Waals surface area (Å²) in [6.07, 6.45) is 4.97. The molecular weight excluding hydrogens is 134 g/mol. The second kappa shape index (κ2) is 3.91. The van der Waals surface area contributed by atoms with E-state index in [1.54, 1.807) is 0 Å². The Bertz CT molecular complexity index is 145. The maximum absolute atomic E-state index is 3.46. The van der Waals surface area contributed by atoms with Crippen LogP contribution in [0, 0.1) is 5.92 Å². The highest BCUT2D eigenvalue weighted by Crippen LogP contribution is 2.19. The van der Waals surface area contributed by atoms with Crippen LogP contribution in [0.5, 0.6) is 0 Å². The van der Waals surface area contributed by atoms with Crippen molar-refractivity contribution in [2.24, 2.45) is 5.92 Å². The van der Waals surface area contributed by atoms with E-state index in [1.807, 2.05) is 0 Å². The van der Waals surface area contributed by atoms with Crippen LogP contribution in [0.1, 0.15) is 33.6 Å². The highest BCUT2D eigenvalue weighted by atomic mass is 14.9. The first kappa shape index (κ1) is 8.79. The highest BCUT2D eigenvalue weighted by Gasteiger charge is 2.20. The van der Waals surface area contributed by atoms with E-state index >= 15 is 0 Å². The van der Waals surface area contributed by atoms with E-state index in [1.165, 1.54) is 25.0 Å². The summed E-state index contributed by atoms with van der Waals surface area (Å²) in [5, 5.41) is 3.46. The molecule has 11 heavy (non-hydrogen) atoms. The summed E-state index contributed by atoms with van der Waals surface area (Å²) in [7, 11) is 0. The smallest absolute Gasteiger partial charge is 0.00704 e. The molecule has 0 aromatic heterocycles. The van der Waals surface area contributed by atoms with Crippen LogP contribution >= 0.6 is 0 Å². The van der Waals surface area contributed by atoms with E-state index in [0.29, 0.717) is 0 Å². The topological polar surface area (TPSA) is 12.0 Å². The monoisotopic (exact) mass is 153 g/mol. The summed E-state index contributed by atoms with van der Waals surface area (Å²) in [5.74, 6) is 0.880. The fourth-order valence-corrected chi connectivity index (χ4v) is 1.62. The van der Waals surface area contributed by atoms with Crippen molar-refractivity contribution < 1.29 is 0 Å². The molecule has 1 N–H and O–H groups in total. The maximum atomic E-state index is 3.46. The fraction of sp³-hybridized carbons (Fsp3) is 0.800. The number of rotatable bonds is 2. The molecule has 1 heterocycles. The van der Waals surface area contributed by atoms with E-state index in [9.17, 15) is 0 Å². The van der Waals surface area contributed by atoms with Crippen molar-refractivity contribution >= 4 is 0 Å². The van der Waals surface area contributed by atoms with Gasteiger partial charge >= 0.3 is 0 Å². The largest absolute Gasteiger partial charge is 0.314 e. The Morgan fingerprint density at radius 1 is 1.55 bits per heavy atom. The third kappa shape index (κ3) is 2.66. The molecule has 1 heteroatoms. The first-order valence-corrected chi connectivity index (χ1v) is 4.57. The van der Waals surface area contributed by atoms with E-state index in [4.69, 9.17) is 0 Å². The Hall–Kier alpha value is -0.300. The Kier molecular flexibility index (Phi) is 3.13. The molecule has 1 saturated heterocycles. The van der Waals surface area contributed by atoms with E-state index in [-0.39, 0.29) is 0 Å². The molecule has 2 atom stereocenters. The molecule has 64 valence electrons. The summed E-state index contributed by atoms with van der Waals surface area (Å²) in [6, 6.07) is 0.727. The van der Waals surface area contributed by atoms with E-state index < -0.39 is 0 Å². The number of nitrogens with one attached hydrogen (secondary N) is 1. The number of hydrogen-bond acceptors (Lipinski definition) is 1. The molecule has 0 amide bonds. The minimum atomic E-state index is 0.727. The lowest BCUT2D eigenvalue weighted by molar-refractivity contribution is 0.481. The predicted molar refractivity (Wildman–Crippen MR) is 49.6 cm³/mol. The Labute approximate surface area is 69.9 Å². The highest BCUT2D eigenvalue weighted by molar-refractivity contribution is 4.96. The first-order valence-electron chi connectivity index (χ1n) is 4.57. The molecule has 0 aromatic rings. The lowest BCUT2D eigenvalue weighted by Gasteiger charge is -2.12. The summed E-state index contributed by atoms with van der Waals surface area (Å²) in [5.41, 5.74) is 1.45. The van der Waals surface area contributed by atoms with Gasteiger partial charge in [0.25, 0.3) is 0 Å². The lowest BCUT2D eigenvalue weighted by atomic mass is 9.97. The standard InChI is InChI=1S/C10H19N/c1-8(2)4-5-10-6-7-11-9(10)3/h4,9-11H,5-7H2,1-3H3. The van der Waals surface area contributed by atoms with E-state index in [2.05, 4.69) is 32.2 Å². The van der Waals surface area contributed by atoms with Crippen molar-refractivity contribution in [1.29, 1.82) is 0 Å². The second-order valence-electron chi connectivity index (χ2n) is 3.81. The average Bonchev–Trinajstić information content (AvgIpc) is 2.31. The van der Waals surface area contributed by atoms with Gasteiger partial charge in [-0.3, -0.25) is 0 Å². The minimum absolute atomic E-state index is 0.727. The summed E-state index contributed by atoms with van der Waals surface area (Å²) in [6.45, 7) is 7.85. The van der Waals surface area contributed by atoms with Crippen molar-refractivity contribution in [2.75, 3.05) is 6.54 Å². The van der Waals surface area contributed by atoms with Crippen molar-refractivity contribution in [1.82, 2.24) is 5.32 Å². The molecule has 0 aliphatic carbocycles. The lowest BCUT2D eigenvalue weighted by Crippen LogP contribution is -2.22. The van der Waals surface area contributed by atoms with Crippen LogP contribution in [0.2, 0.25) is 0 Å². The fourth-order valence-electron chi connectivity index (χ4n) is 1.62. The molecule has 0 bridgehead atoms. The van der Waals surface area contributed by atoms with Gasteiger partial charge in [-0.05, 0) is 46.1 Å². The van der Waals surface area contributed by atoms with Gasteiger partial charge in [-0.25, -0.2) is 0 Å². The zero-order valence-electron chi connectivity index (χ0n) is 7.85. The first-order chi connectivity index (χ1) is 5.20. The average molecular weight is 153 g/mol. The van der Waals surface area contributed by atoms with Gasteiger partial charge in [-0.2, -0.15) is 0 Å². The van der Waals surface area contributed by atoms with Crippen molar-refractivity contribution in [3.8, 4) is 0 Å². The minimum Gasteiger partial charge on any atom is -0.314 e. The second-order valence-corrected chi connectivity index (χ2v) is 3.81. The summed E-state index contributed by atoms with van der Waals surface area (Å²) in [4.78, 5) is 0. The summed E-state index contributed by atoms with van der Waals surface area (Å²) < 4.78 is 0. The molecule has 0 radical (unpaired) electrons. The van der Waals surface area contributed by atoms with Crippen molar-refractivity contribution in [3.63, 3.8) is 0 Å². The number of hydrogen-bond donors (Lipinski definition) is 1. The predicted octanol–water partition coefficient (Wildman–Crippen LogP) is 2.34. The molecule has 1 rings (SSSR count). The van der Waals surface area contributed by atoms with Crippen LogP contribution < -0.4 is 5.32 Å². The molecular formula is C10H19N. The van der Waals surface area contributed by atoms with Gasteiger partial charge in [-0.15, -0.1) is 0 Å². The zero-order valence-corrected chi connectivity index (χ0v) is 7.85. The van der Waals surface area contributed by atoms with Crippen LogP contribution in [0.15, 0.2) is 11.6 Å².